The lowest BCUT2D eigenvalue weighted by Crippen LogP contribution is -2.54. The van der Waals surface area contributed by atoms with E-state index in [0.717, 1.165) is 0 Å². The highest BCUT2D eigenvalue weighted by Gasteiger charge is 2.28. The molecule has 4 nitrogen and oxygen atoms in total. The Labute approximate surface area is 105 Å². The molecule has 3 N–H and O–H groups in total. The van der Waals surface area contributed by atoms with Gasteiger partial charge in [0.15, 0.2) is 0 Å². The number of aliphatic hydroxyl groups excluding tert-OH is 2. The molecular formula is C13H18FNO3. The van der Waals surface area contributed by atoms with Gasteiger partial charge in [0.1, 0.15) is 5.82 Å². The van der Waals surface area contributed by atoms with Crippen molar-refractivity contribution in [1.82, 2.24) is 5.32 Å². The Kier molecular flexibility index (Phi) is 5.25. The summed E-state index contributed by atoms with van der Waals surface area (Å²) < 4.78 is 12.9. The van der Waals surface area contributed by atoms with Crippen LogP contribution < -0.4 is 5.32 Å². The van der Waals surface area contributed by atoms with Crippen LogP contribution >= 0.6 is 0 Å². The topological polar surface area (TPSA) is 69.6 Å². The minimum absolute atomic E-state index is 0.0134. The molecule has 0 radical (unpaired) electrons. The van der Waals surface area contributed by atoms with Crippen molar-refractivity contribution in [2.45, 2.75) is 25.3 Å². The number of rotatable bonds is 6. The van der Waals surface area contributed by atoms with Crippen LogP contribution in [-0.4, -0.2) is 34.9 Å². The molecule has 18 heavy (non-hydrogen) atoms. The lowest BCUT2D eigenvalue weighted by molar-refractivity contribution is -0.123. The monoisotopic (exact) mass is 255 g/mol. The highest BCUT2D eigenvalue weighted by atomic mass is 19.1. The van der Waals surface area contributed by atoms with Crippen molar-refractivity contribution in [3.8, 4) is 0 Å². The largest absolute Gasteiger partial charge is 0.394 e. The van der Waals surface area contributed by atoms with Crippen molar-refractivity contribution in [2.24, 2.45) is 0 Å². The second-order valence-corrected chi connectivity index (χ2v) is 4.30. The molecule has 5 heteroatoms. The maximum absolute atomic E-state index is 12.9. The molecule has 1 amide bonds. The summed E-state index contributed by atoms with van der Waals surface area (Å²) in [6.07, 6.45) is 0.425. The summed E-state index contributed by atoms with van der Waals surface area (Å²) in [5.74, 6) is -0.753. The Morgan fingerprint density at radius 2 is 2.06 bits per heavy atom. The number of nitrogens with one attached hydrogen (secondary N) is 1. The Hall–Kier alpha value is -1.46. The molecule has 100 valence electrons. The normalized spacial score (nSPS) is 11.3. The van der Waals surface area contributed by atoms with Crippen LogP contribution in [-0.2, 0) is 11.2 Å². The van der Waals surface area contributed by atoms with Crippen molar-refractivity contribution in [3.05, 3.63) is 35.6 Å². The van der Waals surface area contributed by atoms with E-state index >= 15 is 0 Å². The molecule has 0 saturated carbocycles. The second kappa shape index (κ2) is 6.47. The molecule has 0 fully saturated rings. The first-order valence-electron chi connectivity index (χ1n) is 5.82. The van der Waals surface area contributed by atoms with Gasteiger partial charge in [-0.05, 0) is 24.1 Å². The van der Waals surface area contributed by atoms with Gasteiger partial charge in [0.05, 0.1) is 25.2 Å². The van der Waals surface area contributed by atoms with Crippen LogP contribution in [0.25, 0.3) is 0 Å². The van der Waals surface area contributed by atoms with Gasteiger partial charge in [-0.3, -0.25) is 4.79 Å². The lowest BCUT2D eigenvalue weighted by atomic mass is 9.98. The lowest BCUT2D eigenvalue weighted by Gasteiger charge is -2.29. The van der Waals surface area contributed by atoms with Crippen LogP contribution in [0.1, 0.15) is 18.9 Å². The zero-order valence-electron chi connectivity index (χ0n) is 10.3. The maximum Gasteiger partial charge on any atom is 0.225 e. The highest BCUT2D eigenvalue weighted by molar-refractivity contribution is 5.79. The zero-order valence-corrected chi connectivity index (χ0v) is 10.3. The number of amides is 1. The highest BCUT2D eigenvalue weighted by Crippen LogP contribution is 2.10. The summed E-state index contributed by atoms with van der Waals surface area (Å²) in [6.45, 7) is 1.08. The van der Waals surface area contributed by atoms with Crippen molar-refractivity contribution >= 4 is 5.91 Å². The summed E-state index contributed by atoms with van der Waals surface area (Å²) in [5, 5.41) is 21.0. The molecule has 0 heterocycles. The van der Waals surface area contributed by atoms with Gasteiger partial charge in [0, 0.05) is 0 Å². The van der Waals surface area contributed by atoms with E-state index in [-0.39, 0.29) is 25.5 Å². The van der Waals surface area contributed by atoms with E-state index in [1.807, 2.05) is 0 Å². The summed E-state index contributed by atoms with van der Waals surface area (Å²) in [4.78, 5) is 11.8. The Balaban J connectivity index is 2.66. The van der Waals surface area contributed by atoms with Crippen molar-refractivity contribution in [2.75, 3.05) is 13.2 Å². The van der Waals surface area contributed by atoms with E-state index in [9.17, 15) is 19.4 Å². The second-order valence-electron chi connectivity index (χ2n) is 4.30. The number of halogens is 1. The average molecular weight is 255 g/mol. The molecule has 0 aromatic heterocycles. The third-order valence-electron chi connectivity index (χ3n) is 2.94. The average Bonchev–Trinajstić information content (AvgIpc) is 2.36. The van der Waals surface area contributed by atoms with Crippen molar-refractivity contribution in [1.29, 1.82) is 0 Å². The van der Waals surface area contributed by atoms with E-state index in [1.165, 1.54) is 18.2 Å². The number of benzene rings is 1. The summed E-state index contributed by atoms with van der Waals surface area (Å²) in [6, 6.07) is 5.77. The number of hydrogen-bond donors (Lipinski definition) is 3. The van der Waals surface area contributed by atoms with Gasteiger partial charge < -0.3 is 15.5 Å². The van der Waals surface area contributed by atoms with Gasteiger partial charge >= 0.3 is 0 Å². The van der Waals surface area contributed by atoms with E-state index < -0.39 is 11.4 Å². The SMILES string of the molecule is CCC(CO)(CO)NC(=O)Cc1cccc(F)c1. The summed E-state index contributed by atoms with van der Waals surface area (Å²) in [5.41, 5.74) is -0.460. The molecule has 0 spiro atoms. The van der Waals surface area contributed by atoms with Crippen LogP contribution in [0.3, 0.4) is 0 Å². The van der Waals surface area contributed by atoms with Gasteiger partial charge in [-0.2, -0.15) is 0 Å². The van der Waals surface area contributed by atoms with E-state index in [4.69, 9.17) is 0 Å². The molecule has 0 atom stereocenters. The molecule has 1 aromatic rings. The number of carbonyl (C=O) groups excluding carboxylic acids is 1. The number of carbonyl (C=O) groups is 1. The van der Waals surface area contributed by atoms with Crippen LogP contribution in [0.15, 0.2) is 24.3 Å². The third-order valence-corrected chi connectivity index (χ3v) is 2.94. The van der Waals surface area contributed by atoms with E-state index in [1.54, 1.807) is 13.0 Å². The van der Waals surface area contributed by atoms with Crippen molar-refractivity contribution < 1.29 is 19.4 Å². The van der Waals surface area contributed by atoms with Crippen molar-refractivity contribution in [3.63, 3.8) is 0 Å². The van der Waals surface area contributed by atoms with Gasteiger partial charge in [0.2, 0.25) is 5.91 Å². The summed E-state index contributed by atoms with van der Waals surface area (Å²) >= 11 is 0. The fraction of sp³-hybridized carbons (Fsp3) is 0.462. The molecule has 0 aliphatic carbocycles. The minimum Gasteiger partial charge on any atom is -0.394 e. The molecular weight excluding hydrogens is 237 g/mol. The van der Waals surface area contributed by atoms with Crippen LogP contribution in [0, 0.1) is 5.82 Å². The van der Waals surface area contributed by atoms with Gasteiger partial charge in [-0.25, -0.2) is 4.39 Å². The predicted molar refractivity (Wildman–Crippen MR) is 65.4 cm³/mol. The van der Waals surface area contributed by atoms with Crippen LogP contribution in [0.2, 0.25) is 0 Å². The summed E-state index contributed by atoms with van der Waals surface area (Å²) in [7, 11) is 0. The predicted octanol–water partition coefficient (Wildman–Crippen LogP) is 0.618. The fourth-order valence-electron chi connectivity index (χ4n) is 1.61. The standard InChI is InChI=1S/C13H18FNO3/c1-2-13(8-16,9-17)15-12(18)7-10-4-3-5-11(14)6-10/h3-6,16-17H,2,7-9H2,1H3,(H,15,18). The Bertz CT molecular complexity index is 397. The smallest absolute Gasteiger partial charge is 0.225 e. The molecule has 0 saturated heterocycles. The van der Waals surface area contributed by atoms with E-state index in [0.29, 0.717) is 12.0 Å². The molecule has 0 aliphatic rings. The van der Waals surface area contributed by atoms with Gasteiger partial charge in [0.25, 0.3) is 0 Å². The fourth-order valence-corrected chi connectivity index (χ4v) is 1.61. The molecule has 0 aliphatic heterocycles. The van der Waals surface area contributed by atoms with Crippen LogP contribution in [0.5, 0.6) is 0 Å². The first kappa shape index (κ1) is 14.6. The first-order chi connectivity index (χ1) is 8.55. The van der Waals surface area contributed by atoms with Gasteiger partial charge in [-0.1, -0.05) is 19.1 Å². The van der Waals surface area contributed by atoms with E-state index in [2.05, 4.69) is 5.32 Å². The molecule has 0 unspecified atom stereocenters. The number of hydrogen-bond acceptors (Lipinski definition) is 3. The maximum atomic E-state index is 12.9. The first-order valence-corrected chi connectivity index (χ1v) is 5.82. The quantitative estimate of drug-likeness (QED) is 0.698. The molecule has 0 bridgehead atoms. The molecule has 1 aromatic carbocycles. The third kappa shape index (κ3) is 3.78. The molecule has 1 rings (SSSR count). The minimum atomic E-state index is -1.01. The number of aliphatic hydroxyl groups is 2. The zero-order chi connectivity index (χ0) is 13.6. The van der Waals surface area contributed by atoms with Gasteiger partial charge in [-0.15, -0.1) is 0 Å². The Morgan fingerprint density at radius 3 is 2.56 bits per heavy atom. The van der Waals surface area contributed by atoms with Crippen LogP contribution in [0.4, 0.5) is 4.39 Å². The Morgan fingerprint density at radius 1 is 1.39 bits per heavy atom.